The van der Waals surface area contributed by atoms with Gasteiger partial charge >= 0.3 is 0 Å². The molecule has 3 nitrogen and oxygen atoms in total. The molecule has 0 radical (unpaired) electrons. The highest BCUT2D eigenvalue weighted by molar-refractivity contribution is 5.79. The first-order chi connectivity index (χ1) is 4.47. The summed E-state index contributed by atoms with van der Waals surface area (Å²) >= 11 is 0. The molecule has 46 valence electrons. The molecule has 0 aromatic rings. The molecule has 0 amide bonds. The summed E-state index contributed by atoms with van der Waals surface area (Å²) in [5.74, 6) is 0.433. The van der Waals surface area contributed by atoms with Crippen LogP contribution < -0.4 is 5.43 Å². The van der Waals surface area contributed by atoms with Crippen molar-refractivity contribution in [2.75, 3.05) is 0 Å². The van der Waals surface area contributed by atoms with Crippen LogP contribution in [0.2, 0.25) is 0 Å². The normalized spacial score (nSPS) is 36.4. The van der Waals surface area contributed by atoms with Crippen LogP contribution in [0.25, 0.3) is 0 Å². The standard InChI is InChI=1S/C6H7N3/c1-2-7-4-6-5(1)3-8-9-6/h1-6,9H. The molecule has 0 saturated carbocycles. The molecule has 0 aromatic heterocycles. The van der Waals surface area contributed by atoms with Gasteiger partial charge in [-0.2, -0.15) is 5.10 Å². The Hall–Kier alpha value is -1.12. The molecule has 0 aliphatic carbocycles. The van der Waals surface area contributed by atoms with Crippen molar-refractivity contribution < 1.29 is 0 Å². The third-order valence-electron chi connectivity index (χ3n) is 1.53. The number of nitrogens with one attached hydrogen (secondary N) is 1. The van der Waals surface area contributed by atoms with Gasteiger partial charge in [0.05, 0.1) is 6.04 Å². The number of hydrogen-bond acceptors (Lipinski definition) is 3. The Morgan fingerprint density at radius 2 is 2.33 bits per heavy atom. The SMILES string of the molecule is C1=CC2C=NNC2C=N1. The number of hydrogen-bond donors (Lipinski definition) is 1. The van der Waals surface area contributed by atoms with Crippen molar-refractivity contribution in [1.82, 2.24) is 5.43 Å². The predicted octanol–water partition coefficient (Wildman–Crippen LogP) is 0.158. The molecule has 0 fully saturated rings. The van der Waals surface area contributed by atoms with Crippen molar-refractivity contribution in [3.63, 3.8) is 0 Å². The summed E-state index contributed by atoms with van der Waals surface area (Å²) in [6, 6.07) is 0.315. The highest BCUT2D eigenvalue weighted by atomic mass is 15.3. The molecule has 0 bridgehead atoms. The minimum absolute atomic E-state index is 0.315. The molecule has 0 saturated heterocycles. The molecule has 3 heteroatoms. The number of aliphatic imine (C=N–C) groups is 1. The smallest absolute Gasteiger partial charge is 0.0904 e. The summed E-state index contributed by atoms with van der Waals surface area (Å²) in [6.07, 6.45) is 7.61. The molecule has 2 rings (SSSR count). The third kappa shape index (κ3) is 0.650. The summed E-state index contributed by atoms with van der Waals surface area (Å²) < 4.78 is 0. The topological polar surface area (TPSA) is 36.8 Å². The van der Waals surface area contributed by atoms with Gasteiger partial charge in [-0.1, -0.05) is 6.08 Å². The van der Waals surface area contributed by atoms with Crippen molar-refractivity contribution in [2.24, 2.45) is 16.0 Å². The Morgan fingerprint density at radius 3 is 3.22 bits per heavy atom. The maximum Gasteiger partial charge on any atom is 0.0904 e. The lowest BCUT2D eigenvalue weighted by molar-refractivity contribution is 0.661. The average Bonchev–Trinajstić information content (AvgIpc) is 2.33. The van der Waals surface area contributed by atoms with E-state index in [4.69, 9.17) is 0 Å². The van der Waals surface area contributed by atoms with Gasteiger partial charge in [-0.25, -0.2) is 0 Å². The molecule has 0 aromatic carbocycles. The lowest BCUT2D eigenvalue weighted by Gasteiger charge is -2.10. The van der Waals surface area contributed by atoms with Gasteiger partial charge < -0.3 is 5.43 Å². The maximum absolute atomic E-state index is 3.97. The minimum atomic E-state index is 0.315. The van der Waals surface area contributed by atoms with Crippen molar-refractivity contribution in [2.45, 2.75) is 6.04 Å². The molecular formula is C6H7N3. The van der Waals surface area contributed by atoms with E-state index in [-0.39, 0.29) is 0 Å². The average molecular weight is 121 g/mol. The predicted molar refractivity (Wildman–Crippen MR) is 36.5 cm³/mol. The van der Waals surface area contributed by atoms with Crippen LogP contribution in [0.4, 0.5) is 0 Å². The largest absolute Gasteiger partial charge is 0.301 e. The molecule has 2 unspecified atom stereocenters. The molecule has 0 spiro atoms. The van der Waals surface area contributed by atoms with E-state index in [1.54, 1.807) is 6.20 Å². The monoisotopic (exact) mass is 121 g/mol. The van der Waals surface area contributed by atoms with Crippen molar-refractivity contribution in [3.8, 4) is 0 Å². The van der Waals surface area contributed by atoms with Crippen LogP contribution in [0, 0.1) is 5.92 Å². The molecule has 2 atom stereocenters. The zero-order chi connectivity index (χ0) is 6.10. The third-order valence-corrected chi connectivity index (χ3v) is 1.53. The Kier molecular flexibility index (Phi) is 0.886. The van der Waals surface area contributed by atoms with Gasteiger partial charge in [0.25, 0.3) is 0 Å². The molecule has 9 heavy (non-hydrogen) atoms. The van der Waals surface area contributed by atoms with Crippen LogP contribution in [0.5, 0.6) is 0 Å². The molecule has 2 aliphatic heterocycles. The van der Waals surface area contributed by atoms with E-state index in [0.717, 1.165) is 0 Å². The van der Waals surface area contributed by atoms with E-state index < -0.39 is 0 Å². The van der Waals surface area contributed by atoms with Crippen molar-refractivity contribution in [1.29, 1.82) is 0 Å². The van der Waals surface area contributed by atoms with Crippen LogP contribution >= 0.6 is 0 Å². The van der Waals surface area contributed by atoms with Gasteiger partial charge in [0.15, 0.2) is 0 Å². The lowest BCUT2D eigenvalue weighted by Crippen LogP contribution is -2.28. The summed E-state index contributed by atoms with van der Waals surface area (Å²) in [5, 5.41) is 3.91. The second-order valence-electron chi connectivity index (χ2n) is 2.15. The number of fused-ring (bicyclic) bond motifs is 1. The lowest BCUT2D eigenvalue weighted by atomic mass is 10.0. The van der Waals surface area contributed by atoms with E-state index in [0.29, 0.717) is 12.0 Å². The van der Waals surface area contributed by atoms with Gasteiger partial charge in [-0.05, 0) is 0 Å². The zero-order valence-electron chi connectivity index (χ0n) is 4.86. The highest BCUT2D eigenvalue weighted by Gasteiger charge is 2.20. The first-order valence-corrected chi connectivity index (χ1v) is 2.95. The van der Waals surface area contributed by atoms with E-state index in [1.807, 2.05) is 18.5 Å². The fourth-order valence-electron chi connectivity index (χ4n) is 0.988. The number of rotatable bonds is 0. The van der Waals surface area contributed by atoms with Crippen molar-refractivity contribution >= 4 is 12.4 Å². The van der Waals surface area contributed by atoms with Gasteiger partial charge in [0.2, 0.25) is 0 Å². The fourth-order valence-corrected chi connectivity index (χ4v) is 0.988. The quantitative estimate of drug-likeness (QED) is 0.487. The van der Waals surface area contributed by atoms with Crippen LogP contribution in [-0.2, 0) is 0 Å². The second kappa shape index (κ2) is 1.69. The molecule has 1 N–H and O–H groups in total. The number of hydrazone groups is 1. The fraction of sp³-hybridized carbons (Fsp3) is 0.333. The Labute approximate surface area is 53.2 Å². The van der Waals surface area contributed by atoms with Crippen LogP contribution in [-0.4, -0.2) is 18.5 Å². The Balaban J connectivity index is 2.25. The van der Waals surface area contributed by atoms with Crippen LogP contribution in [0.3, 0.4) is 0 Å². The van der Waals surface area contributed by atoms with E-state index in [1.165, 1.54) is 0 Å². The first-order valence-electron chi connectivity index (χ1n) is 2.95. The zero-order valence-corrected chi connectivity index (χ0v) is 4.86. The maximum atomic E-state index is 3.97. The van der Waals surface area contributed by atoms with Crippen molar-refractivity contribution in [3.05, 3.63) is 12.3 Å². The molecule has 2 heterocycles. The summed E-state index contributed by atoms with van der Waals surface area (Å²) in [5.41, 5.74) is 2.93. The first kappa shape index (κ1) is 4.73. The van der Waals surface area contributed by atoms with E-state index in [2.05, 4.69) is 15.5 Å². The van der Waals surface area contributed by atoms with Gasteiger partial charge in [-0.15, -0.1) is 0 Å². The molecular weight excluding hydrogens is 114 g/mol. The number of nitrogens with zero attached hydrogens (tertiary/aromatic N) is 2. The summed E-state index contributed by atoms with van der Waals surface area (Å²) in [6.45, 7) is 0. The van der Waals surface area contributed by atoms with Crippen LogP contribution in [0.1, 0.15) is 0 Å². The summed E-state index contributed by atoms with van der Waals surface area (Å²) in [7, 11) is 0. The van der Waals surface area contributed by atoms with Gasteiger partial charge in [0, 0.05) is 24.5 Å². The molecule has 2 aliphatic rings. The van der Waals surface area contributed by atoms with E-state index in [9.17, 15) is 0 Å². The van der Waals surface area contributed by atoms with E-state index >= 15 is 0 Å². The second-order valence-corrected chi connectivity index (χ2v) is 2.15. The summed E-state index contributed by atoms with van der Waals surface area (Å²) in [4.78, 5) is 3.97. The highest BCUT2D eigenvalue weighted by Crippen LogP contribution is 2.10. The van der Waals surface area contributed by atoms with Gasteiger partial charge in [0.1, 0.15) is 0 Å². The van der Waals surface area contributed by atoms with Crippen LogP contribution in [0.15, 0.2) is 22.4 Å². The minimum Gasteiger partial charge on any atom is -0.301 e. The Morgan fingerprint density at radius 1 is 1.33 bits per heavy atom. The Bertz CT molecular complexity index is 192. The van der Waals surface area contributed by atoms with Gasteiger partial charge in [-0.3, -0.25) is 4.99 Å².